The summed E-state index contributed by atoms with van der Waals surface area (Å²) in [4.78, 5) is 0. The lowest BCUT2D eigenvalue weighted by molar-refractivity contribution is 0.195. The third kappa shape index (κ3) is 3.04. The Kier molecular flexibility index (Phi) is 4.25. The molecule has 100 valence electrons. The molecule has 0 spiro atoms. The zero-order valence-corrected chi connectivity index (χ0v) is 10.5. The largest absolute Gasteiger partial charge is 0.490 e. The minimum absolute atomic E-state index is 0.233. The predicted octanol–water partition coefficient (Wildman–Crippen LogP) is 2.40. The van der Waals surface area contributed by atoms with Crippen molar-refractivity contribution >= 4 is 11.4 Å². The minimum Gasteiger partial charge on any atom is -0.490 e. The van der Waals surface area contributed by atoms with Gasteiger partial charge in [0.15, 0.2) is 11.6 Å². The minimum atomic E-state index is -0.422. The van der Waals surface area contributed by atoms with Crippen molar-refractivity contribution in [3.05, 3.63) is 17.9 Å². The number of ether oxygens (including phenoxy) is 2. The van der Waals surface area contributed by atoms with Crippen LogP contribution in [-0.4, -0.2) is 25.9 Å². The van der Waals surface area contributed by atoms with Crippen LogP contribution in [0.1, 0.15) is 19.8 Å². The average molecular weight is 254 g/mol. The van der Waals surface area contributed by atoms with Gasteiger partial charge >= 0.3 is 0 Å². The molecule has 5 heteroatoms. The van der Waals surface area contributed by atoms with Crippen molar-refractivity contribution < 1.29 is 13.9 Å². The Bertz CT molecular complexity index is 406. The first kappa shape index (κ1) is 13.0. The fraction of sp³-hybridized carbons (Fsp3) is 0.538. The molecule has 1 saturated heterocycles. The van der Waals surface area contributed by atoms with Crippen LogP contribution in [0.2, 0.25) is 0 Å². The topological polar surface area (TPSA) is 56.5 Å². The van der Waals surface area contributed by atoms with Crippen LogP contribution >= 0.6 is 0 Å². The maximum atomic E-state index is 13.6. The molecule has 0 saturated carbocycles. The van der Waals surface area contributed by atoms with Crippen molar-refractivity contribution in [1.29, 1.82) is 0 Å². The van der Waals surface area contributed by atoms with Crippen molar-refractivity contribution in [2.75, 3.05) is 30.9 Å². The number of nitrogens with two attached hydrogens (primary N) is 1. The quantitative estimate of drug-likeness (QED) is 0.792. The number of halogens is 1. The maximum Gasteiger partial charge on any atom is 0.167 e. The monoisotopic (exact) mass is 254 g/mol. The zero-order chi connectivity index (χ0) is 13.0. The summed E-state index contributed by atoms with van der Waals surface area (Å²) in [5.41, 5.74) is 6.90. The molecule has 0 aliphatic carbocycles. The third-order valence-corrected chi connectivity index (χ3v) is 2.86. The number of benzene rings is 1. The number of anilines is 2. The Labute approximate surface area is 106 Å². The molecule has 4 nitrogen and oxygen atoms in total. The van der Waals surface area contributed by atoms with E-state index in [0.717, 1.165) is 19.4 Å². The van der Waals surface area contributed by atoms with Gasteiger partial charge in [-0.3, -0.25) is 0 Å². The normalized spacial score (nSPS) is 18.9. The molecule has 0 bridgehead atoms. The van der Waals surface area contributed by atoms with Gasteiger partial charge in [0.05, 0.1) is 30.6 Å². The van der Waals surface area contributed by atoms with E-state index < -0.39 is 5.82 Å². The number of rotatable bonds is 5. The van der Waals surface area contributed by atoms with Crippen LogP contribution in [-0.2, 0) is 4.74 Å². The van der Waals surface area contributed by atoms with E-state index in [1.807, 2.05) is 6.92 Å². The van der Waals surface area contributed by atoms with Crippen molar-refractivity contribution in [3.8, 4) is 5.75 Å². The number of hydrogen-bond donors (Lipinski definition) is 2. The Morgan fingerprint density at radius 2 is 2.39 bits per heavy atom. The first-order valence-corrected chi connectivity index (χ1v) is 6.26. The van der Waals surface area contributed by atoms with E-state index in [1.165, 1.54) is 6.07 Å². The van der Waals surface area contributed by atoms with Crippen LogP contribution in [0, 0.1) is 5.82 Å². The van der Waals surface area contributed by atoms with Crippen LogP contribution in [0.15, 0.2) is 12.1 Å². The molecular formula is C13H19FN2O2. The Hall–Kier alpha value is -1.49. The highest BCUT2D eigenvalue weighted by Gasteiger charge is 2.17. The molecule has 0 aromatic heterocycles. The van der Waals surface area contributed by atoms with Crippen molar-refractivity contribution in [3.63, 3.8) is 0 Å². The molecule has 1 aliphatic rings. The van der Waals surface area contributed by atoms with E-state index in [-0.39, 0.29) is 11.8 Å². The number of nitrogens with one attached hydrogen (secondary N) is 1. The van der Waals surface area contributed by atoms with Crippen molar-refractivity contribution in [1.82, 2.24) is 0 Å². The number of nitrogen functional groups attached to an aromatic ring is 1. The molecule has 1 aromatic rings. The average Bonchev–Trinajstić information content (AvgIpc) is 2.84. The molecule has 1 fully saturated rings. The highest BCUT2D eigenvalue weighted by Crippen LogP contribution is 2.29. The summed E-state index contributed by atoms with van der Waals surface area (Å²) in [5, 5.41) is 3.26. The fourth-order valence-corrected chi connectivity index (χ4v) is 1.88. The maximum absolute atomic E-state index is 13.6. The molecule has 1 aliphatic heterocycles. The lowest BCUT2D eigenvalue weighted by atomic mass is 10.2. The molecule has 1 heterocycles. The standard InChI is InChI=1S/C13H19FN2O2/c1-2-4-18-13-7-12(11(15)6-10(13)14)16-9-3-5-17-8-9/h6-7,9,16H,2-5,8,15H2,1H3. The van der Waals surface area contributed by atoms with Crippen LogP contribution < -0.4 is 15.8 Å². The molecule has 0 radical (unpaired) electrons. The van der Waals surface area contributed by atoms with Gasteiger partial charge in [0, 0.05) is 18.7 Å². The van der Waals surface area contributed by atoms with E-state index in [9.17, 15) is 4.39 Å². The molecule has 18 heavy (non-hydrogen) atoms. The van der Waals surface area contributed by atoms with E-state index in [0.29, 0.717) is 24.6 Å². The molecule has 0 amide bonds. The second-order valence-corrected chi connectivity index (χ2v) is 4.42. The Balaban J connectivity index is 2.12. The second-order valence-electron chi connectivity index (χ2n) is 4.42. The summed E-state index contributed by atoms with van der Waals surface area (Å²) in [5.74, 6) is -0.179. The van der Waals surface area contributed by atoms with Crippen molar-refractivity contribution in [2.45, 2.75) is 25.8 Å². The van der Waals surface area contributed by atoms with Gasteiger partial charge in [0.25, 0.3) is 0 Å². The highest BCUT2D eigenvalue weighted by atomic mass is 19.1. The lowest BCUT2D eigenvalue weighted by Gasteiger charge is -2.16. The van der Waals surface area contributed by atoms with Gasteiger partial charge in [0.2, 0.25) is 0 Å². The van der Waals surface area contributed by atoms with Crippen LogP contribution in [0.5, 0.6) is 5.75 Å². The van der Waals surface area contributed by atoms with E-state index in [1.54, 1.807) is 6.07 Å². The van der Waals surface area contributed by atoms with Gasteiger partial charge in [-0.25, -0.2) is 4.39 Å². The van der Waals surface area contributed by atoms with E-state index in [2.05, 4.69) is 5.32 Å². The van der Waals surface area contributed by atoms with Gasteiger partial charge in [-0.1, -0.05) is 6.92 Å². The Morgan fingerprint density at radius 1 is 1.56 bits per heavy atom. The molecule has 1 atom stereocenters. The van der Waals surface area contributed by atoms with Crippen LogP contribution in [0.25, 0.3) is 0 Å². The van der Waals surface area contributed by atoms with Gasteiger partial charge in [-0.2, -0.15) is 0 Å². The SMILES string of the molecule is CCCOc1cc(NC2CCOC2)c(N)cc1F. The van der Waals surface area contributed by atoms with Crippen LogP contribution in [0.3, 0.4) is 0 Å². The molecule has 3 N–H and O–H groups in total. The van der Waals surface area contributed by atoms with E-state index in [4.69, 9.17) is 15.2 Å². The molecule has 1 unspecified atom stereocenters. The van der Waals surface area contributed by atoms with Crippen LogP contribution in [0.4, 0.5) is 15.8 Å². The first-order chi connectivity index (χ1) is 8.70. The summed E-state index contributed by atoms with van der Waals surface area (Å²) in [7, 11) is 0. The number of hydrogen-bond acceptors (Lipinski definition) is 4. The van der Waals surface area contributed by atoms with Gasteiger partial charge in [-0.05, 0) is 12.8 Å². The van der Waals surface area contributed by atoms with Gasteiger partial charge in [0.1, 0.15) is 0 Å². The van der Waals surface area contributed by atoms with Crippen molar-refractivity contribution in [2.24, 2.45) is 0 Å². The summed E-state index contributed by atoms with van der Waals surface area (Å²) < 4.78 is 24.2. The smallest absolute Gasteiger partial charge is 0.167 e. The zero-order valence-electron chi connectivity index (χ0n) is 10.5. The molecule has 2 rings (SSSR count). The summed E-state index contributed by atoms with van der Waals surface area (Å²) in [6, 6.07) is 3.15. The fourth-order valence-electron chi connectivity index (χ4n) is 1.88. The van der Waals surface area contributed by atoms with Gasteiger partial charge < -0.3 is 20.5 Å². The molecule has 1 aromatic carbocycles. The Morgan fingerprint density at radius 3 is 3.06 bits per heavy atom. The third-order valence-electron chi connectivity index (χ3n) is 2.86. The van der Waals surface area contributed by atoms with E-state index >= 15 is 0 Å². The summed E-state index contributed by atoms with van der Waals surface area (Å²) in [6.07, 6.45) is 1.77. The van der Waals surface area contributed by atoms with Gasteiger partial charge in [-0.15, -0.1) is 0 Å². The summed E-state index contributed by atoms with van der Waals surface area (Å²) >= 11 is 0. The summed E-state index contributed by atoms with van der Waals surface area (Å²) in [6.45, 7) is 3.87. The molecular weight excluding hydrogens is 235 g/mol. The highest BCUT2D eigenvalue weighted by molar-refractivity contribution is 5.69. The second kappa shape index (κ2) is 5.91. The lowest BCUT2D eigenvalue weighted by Crippen LogP contribution is -2.20. The predicted molar refractivity (Wildman–Crippen MR) is 69.4 cm³/mol. The first-order valence-electron chi connectivity index (χ1n) is 6.26.